The van der Waals surface area contributed by atoms with Crippen LogP contribution in [-0.4, -0.2) is 33.7 Å². The number of halogens is 1. The summed E-state index contributed by atoms with van der Waals surface area (Å²) in [7, 11) is 1.81. The molecule has 1 aromatic heterocycles. The summed E-state index contributed by atoms with van der Waals surface area (Å²) in [5.41, 5.74) is 5.63. The van der Waals surface area contributed by atoms with Gasteiger partial charge >= 0.3 is 0 Å². The highest BCUT2D eigenvalue weighted by Gasteiger charge is 2.29. The Labute approximate surface area is 92.8 Å². The molecule has 82 valence electrons. The van der Waals surface area contributed by atoms with E-state index in [0.29, 0.717) is 17.0 Å². The number of nitrogens with two attached hydrogens (primary N) is 1. The van der Waals surface area contributed by atoms with Crippen LogP contribution in [0.2, 0.25) is 5.15 Å². The highest BCUT2D eigenvalue weighted by Crippen LogP contribution is 2.25. The fraction of sp³-hybridized carbons (Fsp3) is 0.556. The summed E-state index contributed by atoms with van der Waals surface area (Å²) in [4.78, 5) is 13.5. The fourth-order valence-electron chi connectivity index (χ4n) is 1.43. The number of anilines is 1. The zero-order chi connectivity index (χ0) is 11.0. The van der Waals surface area contributed by atoms with E-state index in [9.17, 15) is 4.79 Å². The Kier molecular flexibility index (Phi) is 2.56. The summed E-state index contributed by atoms with van der Waals surface area (Å²) < 4.78 is 1.42. The predicted molar refractivity (Wildman–Crippen MR) is 57.4 cm³/mol. The van der Waals surface area contributed by atoms with Crippen LogP contribution in [0.4, 0.5) is 5.82 Å². The molecule has 0 aliphatic heterocycles. The van der Waals surface area contributed by atoms with Gasteiger partial charge in [0.25, 0.3) is 0 Å². The topological polar surface area (TPSA) is 64.2 Å². The number of carbonyl (C=O) groups excluding carboxylic acids is 1. The van der Waals surface area contributed by atoms with Crippen LogP contribution in [0.15, 0.2) is 6.07 Å². The van der Waals surface area contributed by atoms with Crippen molar-refractivity contribution < 1.29 is 4.79 Å². The quantitative estimate of drug-likeness (QED) is 0.830. The maximum atomic E-state index is 11.7. The maximum absolute atomic E-state index is 11.7. The Balaban J connectivity index is 2.01. The molecule has 2 rings (SSSR count). The molecular formula is C9H13ClN4O. The van der Waals surface area contributed by atoms with E-state index in [4.69, 9.17) is 17.3 Å². The van der Waals surface area contributed by atoms with Crippen LogP contribution >= 0.6 is 11.6 Å². The van der Waals surface area contributed by atoms with Crippen molar-refractivity contribution in [2.24, 2.45) is 0 Å². The lowest BCUT2D eigenvalue weighted by Crippen LogP contribution is -2.32. The number of nitrogen functional groups attached to an aromatic ring is 1. The summed E-state index contributed by atoms with van der Waals surface area (Å²) in [6.45, 7) is 0.158. The van der Waals surface area contributed by atoms with Gasteiger partial charge in [-0.1, -0.05) is 11.6 Å². The number of carbonyl (C=O) groups is 1. The van der Waals surface area contributed by atoms with Crippen molar-refractivity contribution in [1.82, 2.24) is 14.7 Å². The minimum Gasteiger partial charge on any atom is -0.384 e. The second kappa shape index (κ2) is 3.73. The van der Waals surface area contributed by atoms with Gasteiger partial charge in [-0.3, -0.25) is 4.79 Å². The van der Waals surface area contributed by atoms with Crippen LogP contribution in [0.25, 0.3) is 0 Å². The molecule has 2 N–H and O–H groups in total. The van der Waals surface area contributed by atoms with Crippen LogP contribution in [0.5, 0.6) is 0 Å². The van der Waals surface area contributed by atoms with Crippen LogP contribution in [0.3, 0.4) is 0 Å². The van der Waals surface area contributed by atoms with Gasteiger partial charge < -0.3 is 10.6 Å². The van der Waals surface area contributed by atoms with Gasteiger partial charge in [0.05, 0.1) is 0 Å². The third kappa shape index (κ3) is 2.23. The van der Waals surface area contributed by atoms with Crippen molar-refractivity contribution in [3.05, 3.63) is 11.2 Å². The van der Waals surface area contributed by atoms with E-state index in [1.807, 2.05) is 0 Å². The van der Waals surface area contributed by atoms with Crippen LogP contribution in [-0.2, 0) is 11.3 Å². The van der Waals surface area contributed by atoms with Crippen molar-refractivity contribution in [1.29, 1.82) is 0 Å². The van der Waals surface area contributed by atoms with Crippen LogP contribution < -0.4 is 5.73 Å². The van der Waals surface area contributed by atoms with E-state index < -0.39 is 0 Å². The van der Waals surface area contributed by atoms with Crippen LogP contribution in [0, 0.1) is 0 Å². The summed E-state index contributed by atoms with van der Waals surface area (Å²) in [5, 5.41) is 4.24. The lowest BCUT2D eigenvalue weighted by atomic mass is 10.5. The monoisotopic (exact) mass is 228 g/mol. The Morgan fingerprint density at radius 3 is 2.93 bits per heavy atom. The summed E-state index contributed by atoms with van der Waals surface area (Å²) in [6.07, 6.45) is 2.19. The molecule has 0 saturated heterocycles. The molecular weight excluding hydrogens is 216 g/mol. The Hall–Kier alpha value is -1.23. The van der Waals surface area contributed by atoms with Gasteiger partial charge in [0.1, 0.15) is 12.4 Å². The third-order valence-corrected chi connectivity index (χ3v) is 2.74. The Bertz CT molecular complexity index is 385. The highest BCUT2D eigenvalue weighted by molar-refractivity contribution is 6.29. The molecule has 0 aromatic carbocycles. The molecule has 0 spiro atoms. The molecule has 1 amide bonds. The molecule has 0 bridgehead atoms. The van der Waals surface area contributed by atoms with Crippen molar-refractivity contribution in [2.45, 2.75) is 25.4 Å². The molecule has 0 atom stereocenters. The van der Waals surface area contributed by atoms with E-state index in [1.54, 1.807) is 11.9 Å². The molecule has 5 nitrogen and oxygen atoms in total. The van der Waals surface area contributed by atoms with Gasteiger partial charge in [0.2, 0.25) is 5.91 Å². The molecule has 1 fully saturated rings. The molecule has 1 saturated carbocycles. The van der Waals surface area contributed by atoms with Crippen molar-refractivity contribution in [3.63, 3.8) is 0 Å². The number of nitrogens with zero attached hydrogens (tertiary/aromatic N) is 3. The number of rotatable bonds is 3. The van der Waals surface area contributed by atoms with Crippen molar-refractivity contribution >= 4 is 23.3 Å². The number of amides is 1. The van der Waals surface area contributed by atoms with E-state index in [0.717, 1.165) is 12.8 Å². The first-order valence-electron chi connectivity index (χ1n) is 4.82. The van der Waals surface area contributed by atoms with Gasteiger partial charge in [-0.15, -0.1) is 0 Å². The summed E-state index contributed by atoms with van der Waals surface area (Å²) >= 11 is 5.67. The maximum Gasteiger partial charge on any atom is 0.244 e. The van der Waals surface area contributed by atoms with Crippen molar-refractivity contribution in [2.75, 3.05) is 12.8 Å². The zero-order valence-corrected chi connectivity index (χ0v) is 9.24. The summed E-state index contributed by atoms with van der Waals surface area (Å²) in [6, 6.07) is 1.94. The molecule has 0 radical (unpaired) electrons. The summed E-state index contributed by atoms with van der Waals surface area (Å²) in [5.74, 6) is 0.432. The average Bonchev–Trinajstić information content (AvgIpc) is 2.94. The minimum atomic E-state index is 0.0176. The number of aromatic nitrogens is 2. The van der Waals surface area contributed by atoms with Gasteiger partial charge in [0.15, 0.2) is 5.15 Å². The second-order valence-corrected chi connectivity index (χ2v) is 4.17. The third-order valence-electron chi connectivity index (χ3n) is 2.55. The molecule has 1 aromatic rings. The predicted octanol–water partition coefficient (Wildman–Crippen LogP) is 0.739. The second-order valence-electron chi connectivity index (χ2n) is 3.79. The molecule has 6 heteroatoms. The lowest BCUT2D eigenvalue weighted by Gasteiger charge is -2.16. The number of hydrogen-bond acceptors (Lipinski definition) is 3. The number of likely N-dealkylation sites (N-methyl/N-ethyl adjacent to an activating group) is 1. The number of hydrogen-bond donors (Lipinski definition) is 1. The standard InChI is InChI=1S/C9H13ClN4O/c1-13(6-2-3-6)9(15)5-14-8(11)4-7(10)12-14/h4,6H,2-3,5,11H2,1H3. The van der Waals surface area contributed by atoms with E-state index in [2.05, 4.69) is 5.10 Å². The van der Waals surface area contributed by atoms with Gasteiger partial charge in [-0.2, -0.15) is 5.10 Å². The highest BCUT2D eigenvalue weighted by atomic mass is 35.5. The largest absolute Gasteiger partial charge is 0.384 e. The normalized spacial score (nSPS) is 15.3. The molecule has 1 heterocycles. The van der Waals surface area contributed by atoms with E-state index >= 15 is 0 Å². The van der Waals surface area contributed by atoms with Gasteiger partial charge in [-0.05, 0) is 12.8 Å². The molecule has 0 unspecified atom stereocenters. The fourth-order valence-corrected chi connectivity index (χ4v) is 1.63. The SMILES string of the molecule is CN(C(=O)Cn1nc(Cl)cc1N)C1CC1. The van der Waals surface area contributed by atoms with Gasteiger partial charge in [-0.25, -0.2) is 4.68 Å². The van der Waals surface area contributed by atoms with E-state index in [-0.39, 0.29) is 12.5 Å². The Morgan fingerprint density at radius 1 is 1.80 bits per heavy atom. The minimum absolute atomic E-state index is 0.0176. The smallest absolute Gasteiger partial charge is 0.244 e. The molecule has 1 aliphatic rings. The Morgan fingerprint density at radius 2 is 2.47 bits per heavy atom. The van der Waals surface area contributed by atoms with Gasteiger partial charge in [0, 0.05) is 19.2 Å². The zero-order valence-electron chi connectivity index (χ0n) is 8.48. The van der Waals surface area contributed by atoms with E-state index in [1.165, 1.54) is 10.7 Å². The first-order chi connectivity index (χ1) is 7.08. The average molecular weight is 229 g/mol. The van der Waals surface area contributed by atoms with Crippen LogP contribution in [0.1, 0.15) is 12.8 Å². The first-order valence-corrected chi connectivity index (χ1v) is 5.20. The van der Waals surface area contributed by atoms with Crippen molar-refractivity contribution in [3.8, 4) is 0 Å². The first kappa shape index (κ1) is 10.3. The molecule has 15 heavy (non-hydrogen) atoms. The lowest BCUT2D eigenvalue weighted by molar-refractivity contribution is -0.131. The molecule has 1 aliphatic carbocycles.